The summed E-state index contributed by atoms with van der Waals surface area (Å²) in [5.41, 5.74) is 1.66. The van der Waals surface area contributed by atoms with Crippen molar-refractivity contribution in [3.05, 3.63) is 46.3 Å². The van der Waals surface area contributed by atoms with Crippen LogP contribution in [0.5, 0.6) is 0 Å². The summed E-state index contributed by atoms with van der Waals surface area (Å²) in [6, 6.07) is 7.55. The first-order valence-electron chi connectivity index (χ1n) is 6.68. The molecule has 0 aliphatic heterocycles. The highest BCUT2D eigenvalue weighted by molar-refractivity contribution is 5.73. The zero-order valence-electron chi connectivity index (χ0n) is 12.0. The fourth-order valence-electron chi connectivity index (χ4n) is 1.88. The smallest absolute Gasteiger partial charge is 0.353 e. The first kappa shape index (κ1) is 14.7. The van der Waals surface area contributed by atoms with Gasteiger partial charge in [-0.05, 0) is 31.0 Å². The third-order valence-corrected chi connectivity index (χ3v) is 2.83. The summed E-state index contributed by atoms with van der Waals surface area (Å²) in [6.07, 6.45) is 2.16. The lowest BCUT2D eigenvalue weighted by Gasteiger charge is -2.09. The van der Waals surface area contributed by atoms with Gasteiger partial charge in [0.25, 0.3) is 0 Å². The van der Waals surface area contributed by atoms with E-state index in [1.54, 1.807) is 0 Å². The van der Waals surface area contributed by atoms with E-state index in [0.717, 1.165) is 17.7 Å². The monoisotopic (exact) mass is 287 g/mol. The number of anilines is 3. The Morgan fingerprint density at radius 3 is 2.71 bits per heavy atom. The minimum Gasteiger partial charge on any atom is -0.364 e. The van der Waals surface area contributed by atoms with Gasteiger partial charge in [0.15, 0.2) is 0 Å². The normalized spacial score (nSPS) is 10.2. The van der Waals surface area contributed by atoms with Gasteiger partial charge in [-0.2, -0.15) is 0 Å². The summed E-state index contributed by atoms with van der Waals surface area (Å²) in [4.78, 5) is 18.8. The van der Waals surface area contributed by atoms with E-state index < -0.39 is 4.92 Å². The van der Waals surface area contributed by atoms with E-state index >= 15 is 0 Å². The average molecular weight is 287 g/mol. The molecule has 7 nitrogen and oxygen atoms in total. The SMILES string of the molecule is CCCNc1ncnc(Nc2cccc(C)c2)c1[N+](=O)[O-]. The second kappa shape index (κ2) is 6.65. The van der Waals surface area contributed by atoms with Crippen molar-refractivity contribution < 1.29 is 4.92 Å². The highest BCUT2D eigenvalue weighted by Gasteiger charge is 2.22. The number of hydrogen-bond donors (Lipinski definition) is 2. The van der Waals surface area contributed by atoms with E-state index in [0.29, 0.717) is 6.54 Å². The summed E-state index contributed by atoms with van der Waals surface area (Å²) < 4.78 is 0. The molecule has 1 aromatic carbocycles. The molecule has 1 heterocycles. The van der Waals surface area contributed by atoms with Gasteiger partial charge in [-0.15, -0.1) is 0 Å². The van der Waals surface area contributed by atoms with Gasteiger partial charge in [-0.1, -0.05) is 19.1 Å². The molecule has 21 heavy (non-hydrogen) atoms. The van der Waals surface area contributed by atoms with Crippen molar-refractivity contribution in [1.82, 2.24) is 9.97 Å². The van der Waals surface area contributed by atoms with Gasteiger partial charge in [-0.25, -0.2) is 9.97 Å². The Morgan fingerprint density at radius 1 is 1.29 bits per heavy atom. The molecule has 2 aromatic rings. The Bertz CT molecular complexity index is 645. The van der Waals surface area contributed by atoms with Crippen LogP contribution in [0.15, 0.2) is 30.6 Å². The van der Waals surface area contributed by atoms with Crippen molar-refractivity contribution in [3.8, 4) is 0 Å². The molecule has 1 aromatic heterocycles. The molecular formula is C14H17N5O2. The fraction of sp³-hybridized carbons (Fsp3) is 0.286. The van der Waals surface area contributed by atoms with Crippen molar-refractivity contribution in [1.29, 1.82) is 0 Å². The Labute approximate surface area is 122 Å². The number of aryl methyl sites for hydroxylation is 1. The van der Waals surface area contributed by atoms with Gasteiger partial charge in [0, 0.05) is 12.2 Å². The lowest BCUT2D eigenvalue weighted by atomic mass is 10.2. The predicted octanol–water partition coefficient (Wildman–Crippen LogP) is 3.26. The molecule has 2 rings (SSSR count). The first-order chi connectivity index (χ1) is 10.1. The number of rotatable bonds is 6. The number of hydrogen-bond acceptors (Lipinski definition) is 6. The zero-order valence-corrected chi connectivity index (χ0v) is 12.0. The quantitative estimate of drug-likeness (QED) is 0.625. The van der Waals surface area contributed by atoms with Crippen LogP contribution in [0.25, 0.3) is 0 Å². The van der Waals surface area contributed by atoms with Crippen LogP contribution >= 0.6 is 0 Å². The standard InChI is InChI=1S/C14H17N5O2/c1-3-7-15-13-12(19(20)21)14(17-9-16-13)18-11-6-4-5-10(2)8-11/h4-6,8-9H,3,7H2,1-2H3,(H2,15,16,17,18). The third-order valence-electron chi connectivity index (χ3n) is 2.83. The van der Waals surface area contributed by atoms with Gasteiger partial charge in [-0.3, -0.25) is 10.1 Å². The van der Waals surface area contributed by atoms with E-state index in [1.165, 1.54) is 6.33 Å². The molecular weight excluding hydrogens is 270 g/mol. The Hall–Kier alpha value is -2.70. The number of nitrogens with one attached hydrogen (secondary N) is 2. The molecule has 0 fully saturated rings. The minimum absolute atomic E-state index is 0.146. The number of aromatic nitrogens is 2. The van der Waals surface area contributed by atoms with Crippen molar-refractivity contribution in [2.75, 3.05) is 17.2 Å². The van der Waals surface area contributed by atoms with Crippen LogP contribution < -0.4 is 10.6 Å². The summed E-state index contributed by atoms with van der Waals surface area (Å²) in [5, 5.41) is 17.2. The number of nitrogens with zero attached hydrogens (tertiary/aromatic N) is 3. The summed E-state index contributed by atoms with van der Waals surface area (Å²) in [7, 11) is 0. The molecule has 0 bridgehead atoms. The van der Waals surface area contributed by atoms with Crippen LogP contribution in [0.3, 0.4) is 0 Å². The second-order valence-corrected chi connectivity index (χ2v) is 4.60. The van der Waals surface area contributed by atoms with Crippen LogP contribution in [-0.4, -0.2) is 21.4 Å². The van der Waals surface area contributed by atoms with Crippen LogP contribution in [0.1, 0.15) is 18.9 Å². The molecule has 0 spiro atoms. The maximum absolute atomic E-state index is 11.3. The van der Waals surface area contributed by atoms with Crippen LogP contribution in [-0.2, 0) is 0 Å². The Balaban J connectivity index is 2.36. The predicted molar refractivity (Wildman–Crippen MR) is 81.9 cm³/mol. The number of nitro groups is 1. The molecule has 0 amide bonds. The summed E-state index contributed by atoms with van der Waals surface area (Å²) in [5.74, 6) is 0.409. The first-order valence-corrected chi connectivity index (χ1v) is 6.68. The molecule has 2 N–H and O–H groups in total. The molecule has 0 saturated carbocycles. The van der Waals surface area contributed by atoms with Crippen molar-refractivity contribution in [2.45, 2.75) is 20.3 Å². The third kappa shape index (κ3) is 3.65. The number of benzene rings is 1. The topological polar surface area (TPSA) is 93.0 Å². The van der Waals surface area contributed by atoms with Crippen molar-refractivity contribution in [2.24, 2.45) is 0 Å². The van der Waals surface area contributed by atoms with Crippen LogP contribution in [0, 0.1) is 17.0 Å². The van der Waals surface area contributed by atoms with E-state index in [-0.39, 0.29) is 17.3 Å². The lowest BCUT2D eigenvalue weighted by Crippen LogP contribution is -2.08. The fourth-order valence-corrected chi connectivity index (χ4v) is 1.88. The molecule has 0 aliphatic rings. The maximum Gasteiger partial charge on any atom is 0.353 e. The highest BCUT2D eigenvalue weighted by Crippen LogP contribution is 2.31. The lowest BCUT2D eigenvalue weighted by molar-refractivity contribution is -0.383. The molecule has 0 radical (unpaired) electrons. The Morgan fingerprint density at radius 2 is 2.05 bits per heavy atom. The van der Waals surface area contributed by atoms with Crippen LogP contribution in [0.4, 0.5) is 23.0 Å². The molecule has 7 heteroatoms. The van der Waals surface area contributed by atoms with E-state index in [9.17, 15) is 10.1 Å². The van der Waals surface area contributed by atoms with Gasteiger partial charge in [0.1, 0.15) is 6.33 Å². The van der Waals surface area contributed by atoms with E-state index in [2.05, 4.69) is 20.6 Å². The van der Waals surface area contributed by atoms with Gasteiger partial charge in [0.05, 0.1) is 4.92 Å². The molecule has 0 aliphatic carbocycles. The highest BCUT2D eigenvalue weighted by atomic mass is 16.6. The summed E-state index contributed by atoms with van der Waals surface area (Å²) in [6.45, 7) is 4.54. The molecule has 0 unspecified atom stereocenters. The minimum atomic E-state index is -0.476. The molecule has 0 atom stereocenters. The van der Waals surface area contributed by atoms with Gasteiger partial charge in [0.2, 0.25) is 11.6 Å². The average Bonchev–Trinajstić information content (AvgIpc) is 2.45. The molecule has 0 saturated heterocycles. The Kier molecular flexibility index (Phi) is 4.65. The van der Waals surface area contributed by atoms with Crippen LogP contribution in [0.2, 0.25) is 0 Å². The van der Waals surface area contributed by atoms with Gasteiger partial charge < -0.3 is 10.6 Å². The van der Waals surface area contributed by atoms with Crippen molar-refractivity contribution in [3.63, 3.8) is 0 Å². The maximum atomic E-state index is 11.3. The zero-order chi connectivity index (χ0) is 15.2. The van der Waals surface area contributed by atoms with Crippen molar-refractivity contribution >= 4 is 23.0 Å². The second-order valence-electron chi connectivity index (χ2n) is 4.60. The van der Waals surface area contributed by atoms with Gasteiger partial charge >= 0.3 is 5.69 Å². The summed E-state index contributed by atoms with van der Waals surface area (Å²) >= 11 is 0. The largest absolute Gasteiger partial charge is 0.364 e. The van der Waals surface area contributed by atoms with E-state index in [4.69, 9.17) is 0 Å². The van der Waals surface area contributed by atoms with E-state index in [1.807, 2.05) is 38.1 Å². The molecule has 110 valence electrons.